The zero-order chi connectivity index (χ0) is 20.3. The van der Waals surface area contributed by atoms with Gasteiger partial charge in [0.25, 0.3) is 0 Å². The third kappa shape index (κ3) is 4.40. The first-order chi connectivity index (χ1) is 14.0. The Morgan fingerprint density at radius 2 is 1.86 bits per heavy atom. The SMILES string of the molecule is CC1(C)CCc2ccc(N3CCOCC3)cc2N1C(=O)NCCc1ccccc1. The number of benzene rings is 2. The van der Waals surface area contributed by atoms with Crippen LogP contribution in [0.15, 0.2) is 48.5 Å². The van der Waals surface area contributed by atoms with E-state index in [0.29, 0.717) is 6.54 Å². The maximum absolute atomic E-state index is 13.2. The van der Waals surface area contributed by atoms with Crippen LogP contribution in [-0.4, -0.2) is 44.4 Å². The Morgan fingerprint density at radius 3 is 2.62 bits per heavy atom. The summed E-state index contributed by atoms with van der Waals surface area (Å²) in [6.45, 7) is 8.26. The van der Waals surface area contributed by atoms with E-state index in [1.54, 1.807) is 0 Å². The fraction of sp³-hybridized carbons (Fsp3) is 0.458. The summed E-state index contributed by atoms with van der Waals surface area (Å²) in [6.07, 6.45) is 2.80. The normalized spacial score (nSPS) is 18.3. The number of hydrogen-bond acceptors (Lipinski definition) is 3. The third-order valence-electron chi connectivity index (χ3n) is 6.03. The molecule has 1 fully saturated rings. The molecule has 2 amide bonds. The van der Waals surface area contributed by atoms with Crippen molar-refractivity contribution in [1.29, 1.82) is 0 Å². The van der Waals surface area contributed by atoms with E-state index in [-0.39, 0.29) is 11.6 Å². The van der Waals surface area contributed by atoms with Crippen LogP contribution in [-0.2, 0) is 17.6 Å². The number of carbonyl (C=O) groups excluding carboxylic acids is 1. The number of aryl methyl sites for hydroxylation is 1. The van der Waals surface area contributed by atoms with Gasteiger partial charge in [0.05, 0.1) is 18.9 Å². The van der Waals surface area contributed by atoms with Crippen molar-refractivity contribution in [3.63, 3.8) is 0 Å². The highest BCUT2D eigenvalue weighted by atomic mass is 16.5. The van der Waals surface area contributed by atoms with Gasteiger partial charge in [-0.1, -0.05) is 36.4 Å². The number of nitrogens with one attached hydrogen (secondary N) is 1. The largest absolute Gasteiger partial charge is 0.378 e. The lowest BCUT2D eigenvalue weighted by atomic mass is 9.87. The maximum atomic E-state index is 13.2. The maximum Gasteiger partial charge on any atom is 0.322 e. The molecular weight excluding hydrogens is 362 g/mol. The molecule has 0 unspecified atom stereocenters. The second-order valence-electron chi connectivity index (χ2n) is 8.53. The Labute approximate surface area is 173 Å². The lowest BCUT2D eigenvalue weighted by Crippen LogP contribution is -2.55. The van der Waals surface area contributed by atoms with Gasteiger partial charge in [-0.2, -0.15) is 0 Å². The smallest absolute Gasteiger partial charge is 0.322 e. The highest BCUT2D eigenvalue weighted by Gasteiger charge is 2.37. The second-order valence-corrected chi connectivity index (χ2v) is 8.53. The van der Waals surface area contributed by atoms with Gasteiger partial charge in [0, 0.05) is 30.9 Å². The molecular formula is C24H31N3O2. The topological polar surface area (TPSA) is 44.8 Å². The molecule has 0 radical (unpaired) electrons. The highest BCUT2D eigenvalue weighted by Crippen LogP contribution is 2.39. The molecule has 0 atom stereocenters. The number of carbonyl (C=O) groups is 1. The number of fused-ring (bicyclic) bond motifs is 1. The number of ether oxygens (including phenoxy) is 1. The van der Waals surface area contributed by atoms with Crippen LogP contribution in [0.1, 0.15) is 31.4 Å². The minimum Gasteiger partial charge on any atom is -0.378 e. The number of nitrogens with zero attached hydrogens (tertiary/aromatic N) is 2. The van der Waals surface area contributed by atoms with Gasteiger partial charge in [0.1, 0.15) is 0 Å². The fourth-order valence-electron chi connectivity index (χ4n) is 4.29. The standard InChI is InChI=1S/C24H31N3O2/c1-24(2)12-10-20-8-9-21(26-14-16-29-17-15-26)18-22(20)27(24)23(28)25-13-11-19-6-4-3-5-7-19/h3-9,18H,10-17H2,1-2H3,(H,25,28). The first-order valence-corrected chi connectivity index (χ1v) is 10.6. The number of amides is 2. The molecule has 2 aromatic rings. The Morgan fingerprint density at radius 1 is 1.10 bits per heavy atom. The van der Waals surface area contributed by atoms with E-state index in [0.717, 1.165) is 51.3 Å². The molecule has 0 aromatic heterocycles. The molecule has 2 aromatic carbocycles. The van der Waals surface area contributed by atoms with E-state index in [1.165, 1.54) is 16.8 Å². The Hall–Kier alpha value is -2.53. The number of hydrogen-bond donors (Lipinski definition) is 1. The third-order valence-corrected chi connectivity index (χ3v) is 6.03. The van der Waals surface area contributed by atoms with Crippen molar-refractivity contribution in [2.75, 3.05) is 42.6 Å². The average molecular weight is 394 g/mol. The van der Waals surface area contributed by atoms with E-state index in [1.807, 2.05) is 23.1 Å². The summed E-state index contributed by atoms with van der Waals surface area (Å²) >= 11 is 0. The van der Waals surface area contributed by atoms with Crippen LogP contribution in [0, 0.1) is 0 Å². The molecule has 29 heavy (non-hydrogen) atoms. The van der Waals surface area contributed by atoms with Gasteiger partial charge in [0.2, 0.25) is 0 Å². The molecule has 1 N–H and O–H groups in total. The fourth-order valence-corrected chi connectivity index (χ4v) is 4.29. The summed E-state index contributed by atoms with van der Waals surface area (Å²) in [7, 11) is 0. The number of anilines is 2. The zero-order valence-corrected chi connectivity index (χ0v) is 17.5. The van der Waals surface area contributed by atoms with Crippen LogP contribution in [0.25, 0.3) is 0 Å². The molecule has 2 aliphatic heterocycles. The quantitative estimate of drug-likeness (QED) is 0.854. The first kappa shape index (κ1) is 19.8. The van der Waals surface area contributed by atoms with Crippen LogP contribution >= 0.6 is 0 Å². The first-order valence-electron chi connectivity index (χ1n) is 10.6. The molecule has 1 saturated heterocycles. The van der Waals surface area contributed by atoms with Crippen molar-refractivity contribution in [2.24, 2.45) is 0 Å². The van der Waals surface area contributed by atoms with Crippen LogP contribution in [0.5, 0.6) is 0 Å². The molecule has 5 heteroatoms. The molecule has 0 aliphatic carbocycles. The summed E-state index contributed by atoms with van der Waals surface area (Å²) < 4.78 is 5.49. The van der Waals surface area contributed by atoms with Gasteiger partial charge in [-0.15, -0.1) is 0 Å². The van der Waals surface area contributed by atoms with Crippen molar-refractivity contribution in [3.05, 3.63) is 59.7 Å². The summed E-state index contributed by atoms with van der Waals surface area (Å²) in [6, 6.07) is 16.9. The summed E-state index contributed by atoms with van der Waals surface area (Å²) in [4.78, 5) is 17.6. The molecule has 5 nitrogen and oxygen atoms in total. The van der Waals surface area contributed by atoms with E-state index in [9.17, 15) is 4.79 Å². The molecule has 0 bridgehead atoms. The van der Waals surface area contributed by atoms with Crippen molar-refractivity contribution in [3.8, 4) is 0 Å². The second kappa shape index (κ2) is 8.46. The van der Waals surface area contributed by atoms with Crippen molar-refractivity contribution in [2.45, 2.75) is 38.6 Å². The summed E-state index contributed by atoms with van der Waals surface area (Å²) in [5, 5.41) is 3.15. The van der Waals surface area contributed by atoms with Gasteiger partial charge in [-0.3, -0.25) is 4.90 Å². The van der Waals surface area contributed by atoms with E-state index >= 15 is 0 Å². The Balaban J connectivity index is 1.52. The number of urea groups is 1. The van der Waals surface area contributed by atoms with Crippen LogP contribution < -0.4 is 15.1 Å². The minimum atomic E-state index is -0.215. The van der Waals surface area contributed by atoms with Gasteiger partial charge in [-0.05, 0) is 56.4 Å². The lowest BCUT2D eigenvalue weighted by Gasteiger charge is -2.44. The Bertz CT molecular complexity index is 844. The minimum absolute atomic E-state index is 0.00833. The van der Waals surface area contributed by atoms with E-state index < -0.39 is 0 Å². The van der Waals surface area contributed by atoms with Crippen LogP contribution in [0.2, 0.25) is 0 Å². The van der Waals surface area contributed by atoms with Gasteiger partial charge >= 0.3 is 6.03 Å². The number of morpholine rings is 1. The van der Waals surface area contributed by atoms with E-state index in [4.69, 9.17) is 4.74 Å². The van der Waals surface area contributed by atoms with E-state index in [2.05, 4.69) is 54.4 Å². The van der Waals surface area contributed by atoms with Gasteiger partial charge in [0.15, 0.2) is 0 Å². The lowest BCUT2D eigenvalue weighted by molar-refractivity contribution is 0.122. The summed E-state index contributed by atoms with van der Waals surface area (Å²) in [5.41, 5.74) is 4.49. The number of rotatable bonds is 4. The van der Waals surface area contributed by atoms with Crippen LogP contribution in [0.3, 0.4) is 0 Å². The van der Waals surface area contributed by atoms with Crippen molar-refractivity contribution in [1.82, 2.24) is 5.32 Å². The highest BCUT2D eigenvalue weighted by molar-refractivity contribution is 5.95. The summed E-state index contributed by atoms with van der Waals surface area (Å²) in [5.74, 6) is 0. The monoisotopic (exact) mass is 393 g/mol. The van der Waals surface area contributed by atoms with Gasteiger partial charge < -0.3 is 15.0 Å². The molecule has 0 saturated carbocycles. The molecule has 2 aliphatic rings. The average Bonchev–Trinajstić information content (AvgIpc) is 2.74. The molecule has 0 spiro atoms. The molecule has 154 valence electrons. The van der Waals surface area contributed by atoms with Crippen LogP contribution in [0.4, 0.5) is 16.2 Å². The predicted molar refractivity (Wildman–Crippen MR) is 118 cm³/mol. The molecule has 4 rings (SSSR count). The zero-order valence-electron chi connectivity index (χ0n) is 17.5. The predicted octanol–water partition coefficient (Wildman–Crippen LogP) is 4.01. The Kier molecular flexibility index (Phi) is 5.76. The molecule has 2 heterocycles. The van der Waals surface area contributed by atoms with Crippen molar-refractivity contribution >= 4 is 17.4 Å². The van der Waals surface area contributed by atoms with Gasteiger partial charge in [-0.25, -0.2) is 4.79 Å². The van der Waals surface area contributed by atoms with Crippen molar-refractivity contribution < 1.29 is 9.53 Å².